The number of rotatable bonds is 34. The minimum atomic E-state index is 0.568. The summed E-state index contributed by atoms with van der Waals surface area (Å²) in [7, 11) is 0. The van der Waals surface area contributed by atoms with E-state index >= 15 is 0 Å². The van der Waals surface area contributed by atoms with Gasteiger partial charge in [-0.25, -0.2) is 9.13 Å². The minimum Gasteiger partial charge on any atom is -0.234 e. The maximum Gasteiger partial charge on any atom is 0.256 e. The summed E-state index contributed by atoms with van der Waals surface area (Å²) in [6.07, 6.45) is 50.7. The van der Waals surface area contributed by atoms with Crippen molar-refractivity contribution in [1.82, 2.24) is 4.57 Å². The fraction of sp³-hybridized carbons (Fsp3) is 0.927. The van der Waals surface area contributed by atoms with Crippen LogP contribution in [-0.2, 0) is 13.0 Å². The third-order valence-corrected chi connectivity index (χ3v) is 9.85. The first-order valence-corrected chi connectivity index (χ1v) is 20.3. The van der Waals surface area contributed by atoms with E-state index in [1.807, 2.05) is 0 Å². The molecular formula is C41H81N2+. The summed E-state index contributed by atoms with van der Waals surface area (Å²) >= 11 is 0. The van der Waals surface area contributed by atoms with Crippen molar-refractivity contribution in [2.75, 3.05) is 0 Å². The van der Waals surface area contributed by atoms with E-state index in [9.17, 15) is 0 Å². The standard InChI is InChI=1S/C41H81N2/c1-5-7-9-11-13-15-17-19-21-23-25-27-29-31-33-35-37-42-38-39-43(40(3)4)41(42)36-34-32-30-28-26-24-22-20-18-16-14-12-10-8-6-2/h38-40H,5-37H2,1-4H3/q+1. The molecule has 0 saturated carbocycles. The number of aryl methyl sites for hydroxylation is 1. The van der Waals surface area contributed by atoms with Gasteiger partial charge in [0.15, 0.2) is 0 Å². The zero-order valence-electron chi connectivity index (χ0n) is 30.5. The lowest BCUT2D eigenvalue weighted by molar-refractivity contribution is -0.722. The lowest BCUT2D eigenvalue weighted by Gasteiger charge is -2.08. The van der Waals surface area contributed by atoms with Crippen molar-refractivity contribution in [2.45, 2.75) is 246 Å². The number of imidazole rings is 1. The number of hydrogen-bond donors (Lipinski definition) is 0. The van der Waals surface area contributed by atoms with Crippen LogP contribution in [0.25, 0.3) is 0 Å². The molecule has 1 aromatic rings. The van der Waals surface area contributed by atoms with Gasteiger partial charge in [-0.05, 0) is 33.1 Å². The van der Waals surface area contributed by atoms with Crippen molar-refractivity contribution in [3.05, 3.63) is 18.2 Å². The molecule has 0 fully saturated rings. The smallest absolute Gasteiger partial charge is 0.234 e. The highest BCUT2D eigenvalue weighted by Crippen LogP contribution is 2.16. The summed E-state index contributed by atoms with van der Waals surface area (Å²) in [5.41, 5.74) is 0. The highest BCUT2D eigenvalue weighted by atomic mass is 15.2. The SMILES string of the molecule is CCCCCCCCCCCCCCCCCCn1cc[n+](C(C)C)c1CCCCCCCCCCCCCCCCC. The molecule has 0 spiro atoms. The molecule has 0 aliphatic rings. The van der Waals surface area contributed by atoms with E-state index in [1.54, 1.807) is 5.82 Å². The molecule has 0 unspecified atom stereocenters. The Morgan fingerprint density at radius 3 is 1.07 bits per heavy atom. The quantitative estimate of drug-likeness (QED) is 0.0549. The van der Waals surface area contributed by atoms with Gasteiger partial charge < -0.3 is 0 Å². The van der Waals surface area contributed by atoms with Crippen molar-refractivity contribution >= 4 is 0 Å². The van der Waals surface area contributed by atoms with Gasteiger partial charge in [-0.2, -0.15) is 0 Å². The molecule has 2 nitrogen and oxygen atoms in total. The maximum atomic E-state index is 2.59. The molecule has 1 aromatic heterocycles. The Bertz CT molecular complexity index is 675. The topological polar surface area (TPSA) is 8.81 Å². The monoisotopic (exact) mass is 602 g/mol. The van der Waals surface area contributed by atoms with Gasteiger partial charge in [-0.15, -0.1) is 0 Å². The molecule has 0 bridgehead atoms. The Balaban J connectivity index is 2.01. The van der Waals surface area contributed by atoms with E-state index in [4.69, 9.17) is 0 Å². The fourth-order valence-corrected chi connectivity index (χ4v) is 6.90. The van der Waals surface area contributed by atoms with Crippen LogP contribution in [0.3, 0.4) is 0 Å². The van der Waals surface area contributed by atoms with Gasteiger partial charge in [-0.3, -0.25) is 0 Å². The lowest BCUT2D eigenvalue weighted by Crippen LogP contribution is -2.39. The zero-order chi connectivity index (χ0) is 31.1. The predicted octanol–water partition coefficient (Wildman–Crippen LogP) is 14.0. The van der Waals surface area contributed by atoms with Crippen molar-refractivity contribution in [2.24, 2.45) is 0 Å². The molecule has 0 N–H and O–H groups in total. The van der Waals surface area contributed by atoms with Crippen LogP contribution in [0.5, 0.6) is 0 Å². The number of nitrogens with zero attached hydrogens (tertiary/aromatic N) is 2. The molecule has 43 heavy (non-hydrogen) atoms. The van der Waals surface area contributed by atoms with Crippen molar-refractivity contribution in [3.8, 4) is 0 Å². The van der Waals surface area contributed by atoms with E-state index < -0.39 is 0 Å². The molecule has 1 rings (SSSR count). The van der Waals surface area contributed by atoms with Gasteiger partial charge >= 0.3 is 0 Å². The Kier molecular flexibility index (Phi) is 29.2. The number of aromatic nitrogens is 2. The highest BCUT2D eigenvalue weighted by molar-refractivity contribution is 4.85. The molecule has 2 heteroatoms. The van der Waals surface area contributed by atoms with E-state index in [-0.39, 0.29) is 0 Å². The molecule has 0 saturated heterocycles. The van der Waals surface area contributed by atoms with Crippen LogP contribution in [0.15, 0.2) is 12.4 Å². The maximum absolute atomic E-state index is 2.59. The van der Waals surface area contributed by atoms with Gasteiger partial charge in [0.2, 0.25) is 0 Å². The van der Waals surface area contributed by atoms with E-state index in [2.05, 4.69) is 49.2 Å². The van der Waals surface area contributed by atoms with Gasteiger partial charge in [0.25, 0.3) is 5.82 Å². The average molecular weight is 602 g/mol. The second-order valence-electron chi connectivity index (χ2n) is 14.4. The predicted molar refractivity (Wildman–Crippen MR) is 193 cm³/mol. The summed E-state index contributed by atoms with van der Waals surface area (Å²) in [6, 6.07) is 0.568. The third kappa shape index (κ3) is 24.2. The molecule has 0 aromatic carbocycles. The molecule has 0 amide bonds. The summed E-state index contributed by atoms with van der Waals surface area (Å²) < 4.78 is 5.13. The molecule has 0 aliphatic carbocycles. The van der Waals surface area contributed by atoms with Crippen LogP contribution in [0.2, 0.25) is 0 Å². The third-order valence-electron chi connectivity index (χ3n) is 9.85. The molecule has 254 valence electrons. The Hall–Kier alpha value is -0.790. The zero-order valence-corrected chi connectivity index (χ0v) is 30.5. The summed E-state index contributed by atoms with van der Waals surface area (Å²) in [6.45, 7) is 10.5. The number of hydrogen-bond acceptors (Lipinski definition) is 0. The molecule has 0 atom stereocenters. The normalized spacial score (nSPS) is 11.7. The van der Waals surface area contributed by atoms with Crippen LogP contribution >= 0.6 is 0 Å². The minimum absolute atomic E-state index is 0.568. The van der Waals surface area contributed by atoms with Gasteiger partial charge in [-0.1, -0.05) is 194 Å². The second-order valence-corrected chi connectivity index (χ2v) is 14.4. The molecular weight excluding hydrogens is 520 g/mol. The van der Waals surface area contributed by atoms with Crippen LogP contribution in [0.4, 0.5) is 0 Å². The Morgan fingerprint density at radius 1 is 0.442 bits per heavy atom. The Morgan fingerprint density at radius 2 is 0.744 bits per heavy atom. The summed E-state index contributed by atoms with van der Waals surface area (Å²) in [4.78, 5) is 0. The summed E-state index contributed by atoms with van der Waals surface area (Å²) in [5.74, 6) is 1.57. The van der Waals surface area contributed by atoms with Gasteiger partial charge in [0.1, 0.15) is 12.4 Å². The van der Waals surface area contributed by atoms with Crippen molar-refractivity contribution < 1.29 is 4.57 Å². The lowest BCUT2D eigenvalue weighted by atomic mass is 10.0. The van der Waals surface area contributed by atoms with Crippen molar-refractivity contribution in [1.29, 1.82) is 0 Å². The van der Waals surface area contributed by atoms with Crippen LogP contribution in [-0.4, -0.2) is 4.57 Å². The highest BCUT2D eigenvalue weighted by Gasteiger charge is 2.18. The first kappa shape index (κ1) is 40.2. The van der Waals surface area contributed by atoms with E-state index in [0.29, 0.717) is 6.04 Å². The average Bonchev–Trinajstić information content (AvgIpc) is 3.41. The van der Waals surface area contributed by atoms with Gasteiger partial charge in [0, 0.05) is 6.42 Å². The fourth-order valence-electron chi connectivity index (χ4n) is 6.90. The van der Waals surface area contributed by atoms with Crippen molar-refractivity contribution in [3.63, 3.8) is 0 Å². The van der Waals surface area contributed by atoms with Gasteiger partial charge in [0.05, 0.1) is 12.6 Å². The first-order valence-electron chi connectivity index (χ1n) is 20.3. The largest absolute Gasteiger partial charge is 0.256 e. The van der Waals surface area contributed by atoms with E-state index in [1.165, 1.54) is 212 Å². The van der Waals surface area contributed by atoms with Crippen LogP contribution < -0.4 is 4.57 Å². The first-order chi connectivity index (χ1) is 21.2. The summed E-state index contributed by atoms with van der Waals surface area (Å²) in [5, 5.41) is 0. The molecule has 0 radical (unpaired) electrons. The van der Waals surface area contributed by atoms with Crippen LogP contribution in [0, 0.1) is 0 Å². The molecule has 1 heterocycles. The number of unbranched alkanes of at least 4 members (excludes halogenated alkanes) is 29. The van der Waals surface area contributed by atoms with Crippen LogP contribution in [0.1, 0.15) is 239 Å². The molecule has 0 aliphatic heterocycles. The Labute approximate surface area is 272 Å². The van der Waals surface area contributed by atoms with E-state index in [0.717, 1.165) is 0 Å². The second kappa shape index (κ2) is 31.2.